The van der Waals surface area contributed by atoms with Crippen LogP contribution in [0.15, 0.2) is 53.1 Å². The van der Waals surface area contributed by atoms with E-state index in [1.165, 1.54) is 11.1 Å². The number of hydrogen-bond donors (Lipinski definition) is 1. The molecule has 144 valence electrons. The summed E-state index contributed by atoms with van der Waals surface area (Å²) in [7, 11) is 0. The van der Waals surface area contributed by atoms with Gasteiger partial charge in [0.15, 0.2) is 0 Å². The summed E-state index contributed by atoms with van der Waals surface area (Å²) in [6.45, 7) is 2.07. The summed E-state index contributed by atoms with van der Waals surface area (Å²) in [5.74, 6) is 1.50. The van der Waals surface area contributed by atoms with Crippen molar-refractivity contribution in [2.75, 3.05) is 0 Å². The van der Waals surface area contributed by atoms with Crippen molar-refractivity contribution in [1.29, 1.82) is 0 Å². The van der Waals surface area contributed by atoms with Crippen LogP contribution in [0.3, 0.4) is 0 Å². The number of aromatic nitrogens is 2. The van der Waals surface area contributed by atoms with Gasteiger partial charge >= 0.3 is 0 Å². The maximum atomic E-state index is 12.5. The van der Waals surface area contributed by atoms with E-state index in [0.29, 0.717) is 35.5 Å². The molecule has 28 heavy (non-hydrogen) atoms. The van der Waals surface area contributed by atoms with E-state index in [0.717, 1.165) is 18.4 Å². The Morgan fingerprint density at radius 3 is 2.57 bits per heavy atom. The average molecular weight is 396 g/mol. The van der Waals surface area contributed by atoms with E-state index in [1.54, 1.807) is 12.1 Å². The molecule has 1 aliphatic carbocycles. The molecule has 1 N–H and O–H groups in total. The molecular formula is C22H22ClN3O2. The number of rotatable bonds is 7. The molecule has 1 unspecified atom stereocenters. The summed E-state index contributed by atoms with van der Waals surface area (Å²) in [5, 5.41) is 7.83. The minimum Gasteiger partial charge on any atom is -0.349 e. The molecule has 0 radical (unpaired) electrons. The Balaban J connectivity index is 1.35. The van der Waals surface area contributed by atoms with Crippen LogP contribution in [-0.2, 0) is 11.2 Å². The predicted molar refractivity (Wildman–Crippen MR) is 108 cm³/mol. The van der Waals surface area contributed by atoms with Crippen molar-refractivity contribution in [2.24, 2.45) is 5.92 Å². The van der Waals surface area contributed by atoms with Gasteiger partial charge in [-0.15, -0.1) is 0 Å². The first-order valence-electron chi connectivity index (χ1n) is 9.53. The highest BCUT2D eigenvalue weighted by atomic mass is 35.5. The lowest BCUT2D eigenvalue weighted by Crippen LogP contribution is -2.30. The van der Waals surface area contributed by atoms with Gasteiger partial charge in [0, 0.05) is 23.4 Å². The Labute approximate surface area is 169 Å². The Morgan fingerprint density at radius 1 is 1.18 bits per heavy atom. The number of carbonyl (C=O) groups excluding carboxylic acids is 1. The molecule has 1 heterocycles. The zero-order valence-corrected chi connectivity index (χ0v) is 16.4. The van der Waals surface area contributed by atoms with Crippen molar-refractivity contribution in [3.05, 3.63) is 70.6 Å². The fraction of sp³-hybridized carbons (Fsp3) is 0.318. The van der Waals surface area contributed by atoms with Gasteiger partial charge in [-0.2, -0.15) is 4.98 Å². The fourth-order valence-electron chi connectivity index (χ4n) is 3.22. The second-order valence-corrected chi connectivity index (χ2v) is 7.75. The van der Waals surface area contributed by atoms with Gasteiger partial charge in [0.2, 0.25) is 17.6 Å². The van der Waals surface area contributed by atoms with Crippen molar-refractivity contribution in [3.63, 3.8) is 0 Å². The number of hydrogen-bond acceptors (Lipinski definition) is 4. The number of carbonyl (C=O) groups is 1. The summed E-state index contributed by atoms with van der Waals surface area (Å²) >= 11 is 5.90. The van der Waals surface area contributed by atoms with Gasteiger partial charge in [-0.3, -0.25) is 4.79 Å². The summed E-state index contributed by atoms with van der Waals surface area (Å²) in [4.78, 5) is 16.9. The molecule has 1 atom stereocenters. The number of halogens is 1. The van der Waals surface area contributed by atoms with Gasteiger partial charge in [-0.05, 0) is 55.5 Å². The summed E-state index contributed by atoms with van der Waals surface area (Å²) < 4.78 is 5.29. The van der Waals surface area contributed by atoms with E-state index in [9.17, 15) is 4.79 Å². The van der Waals surface area contributed by atoms with Gasteiger partial charge in [0.1, 0.15) is 0 Å². The van der Waals surface area contributed by atoms with Crippen LogP contribution in [0.1, 0.15) is 42.3 Å². The fourth-order valence-corrected chi connectivity index (χ4v) is 3.34. The van der Waals surface area contributed by atoms with Crippen LogP contribution in [0, 0.1) is 12.8 Å². The molecule has 4 rings (SSSR count). The highest BCUT2D eigenvalue weighted by Gasteiger charge is 2.33. The maximum absolute atomic E-state index is 12.5. The molecule has 2 aromatic carbocycles. The lowest BCUT2D eigenvalue weighted by Gasteiger charge is -2.19. The second kappa shape index (κ2) is 8.15. The maximum Gasteiger partial charge on any atom is 0.227 e. The largest absolute Gasteiger partial charge is 0.349 e. The quantitative estimate of drug-likeness (QED) is 0.617. The average Bonchev–Trinajstić information content (AvgIpc) is 3.43. The van der Waals surface area contributed by atoms with E-state index in [4.69, 9.17) is 16.1 Å². The first-order valence-corrected chi connectivity index (χ1v) is 9.91. The normalized spacial score (nSPS) is 14.6. The molecule has 0 bridgehead atoms. The van der Waals surface area contributed by atoms with E-state index >= 15 is 0 Å². The molecule has 0 saturated heterocycles. The van der Waals surface area contributed by atoms with Crippen molar-refractivity contribution >= 4 is 17.5 Å². The smallest absolute Gasteiger partial charge is 0.227 e. The van der Waals surface area contributed by atoms with Crippen LogP contribution in [0.5, 0.6) is 0 Å². The van der Waals surface area contributed by atoms with Gasteiger partial charge in [-0.1, -0.05) is 46.6 Å². The lowest BCUT2D eigenvalue weighted by molar-refractivity contribution is -0.122. The molecule has 1 saturated carbocycles. The molecule has 0 spiro atoms. The molecule has 6 heteroatoms. The molecule has 5 nitrogen and oxygen atoms in total. The minimum atomic E-state index is 0.00344. The molecule has 3 aromatic rings. The molecule has 1 aliphatic rings. The molecule has 1 aromatic heterocycles. The van der Waals surface area contributed by atoms with Crippen LogP contribution >= 0.6 is 11.6 Å². The third-order valence-corrected chi connectivity index (χ3v) is 5.23. The number of nitrogens with zero attached hydrogens (tertiary/aromatic N) is 2. The predicted octanol–water partition coefficient (Wildman–Crippen LogP) is 4.90. The van der Waals surface area contributed by atoms with Crippen LogP contribution in [-0.4, -0.2) is 16.0 Å². The first kappa shape index (κ1) is 18.7. The van der Waals surface area contributed by atoms with Crippen LogP contribution in [0.25, 0.3) is 11.4 Å². The molecule has 0 aliphatic heterocycles. The molecule has 1 amide bonds. The summed E-state index contributed by atoms with van der Waals surface area (Å²) in [6.07, 6.45) is 3.05. The zero-order valence-electron chi connectivity index (χ0n) is 15.7. The van der Waals surface area contributed by atoms with E-state index < -0.39 is 0 Å². The van der Waals surface area contributed by atoms with Gasteiger partial charge in [0.05, 0.1) is 6.04 Å². The third-order valence-electron chi connectivity index (χ3n) is 4.98. The van der Waals surface area contributed by atoms with Crippen molar-refractivity contribution in [2.45, 2.75) is 38.6 Å². The molecule has 1 fully saturated rings. The number of aryl methyl sites for hydroxylation is 2. The second-order valence-electron chi connectivity index (χ2n) is 7.31. The third kappa shape index (κ3) is 4.60. The number of amides is 1. The number of benzene rings is 2. The van der Waals surface area contributed by atoms with E-state index in [2.05, 4.69) is 46.6 Å². The topological polar surface area (TPSA) is 68.0 Å². The Hall–Kier alpha value is -2.66. The number of nitrogens with one attached hydrogen (secondary N) is 1. The standard InChI is InChI=1S/C22H22ClN3O2/c1-14-2-4-15(5-3-14)21(16-6-7-16)24-19(27)12-13-20-25-22(26-28-20)17-8-10-18(23)11-9-17/h2-5,8-11,16,21H,6-7,12-13H2,1H3,(H,24,27). The monoisotopic (exact) mass is 395 g/mol. The zero-order chi connectivity index (χ0) is 19.5. The first-order chi connectivity index (χ1) is 13.6. The highest BCUT2D eigenvalue weighted by molar-refractivity contribution is 6.30. The Bertz CT molecular complexity index is 947. The lowest BCUT2D eigenvalue weighted by atomic mass is 10.0. The van der Waals surface area contributed by atoms with Crippen molar-refractivity contribution < 1.29 is 9.32 Å². The summed E-state index contributed by atoms with van der Waals surface area (Å²) in [6, 6.07) is 15.7. The SMILES string of the molecule is Cc1ccc(C(NC(=O)CCc2nc(-c3ccc(Cl)cc3)no2)C2CC2)cc1. The van der Waals surface area contributed by atoms with Crippen LogP contribution in [0.2, 0.25) is 5.02 Å². The Kier molecular flexibility index (Phi) is 5.44. The molecular weight excluding hydrogens is 374 g/mol. The Morgan fingerprint density at radius 2 is 1.89 bits per heavy atom. The summed E-state index contributed by atoms with van der Waals surface area (Å²) in [5.41, 5.74) is 3.22. The highest BCUT2D eigenvalue weighted by Crippen LogP contribution is 2.41. The van der Waals surface area contributed by atoms with Crippen molar-refractivity contribution in [1.82, 2.24) is 15.5 Å². The van der Waals surface area contributed by atoms with Crippen molar-refractivity contribution in [3.8, 4) is 11.4 Å². The van der Waals surface area contributed by atoms with Gasteiger partial charge in [0.25, 0.3) is 0 Å². The van der Waals surface area contributed by atoms with Gasteiger partial charge in [-0.25, -0.2) is 0 Å². The van der Waals surface area contributed by atoms with Gasteiger partial charge < -0.3 is 9.84 Å². The van der Waals surface area contributed by atoms with E-state index in [-0.39, 0.29) is 11.9 Å². The minimum absolute atomic E-state index is 0.00344. The van der Waals surface area contributed by atoms with Crippen LogP contribution < -0.4 is 5.32 Å². The van der Waals surface area contributed by atoms with Crippen LogP contribution in [0.4, 0.5) is 0 Å². The van der Waals surface area contributed by atoms with E-state index in [1.807, 2.05) is 12.1 Å².